The summed E-state index contributed by atoms with van der Waals surface area (Å²) in [5.41, 5.74) is 2.68. The van der Waals surface area contributed by atoms with Gasteiger partial charge in [-0.25, -0.2) is 4.98 Å². The van der Waals surface area contributed by atoms with Gasteiger partial charge in [-0.15, -0.1) is 0 Å². The van der Waals surface area contributed by atoms with Crippen LogP contribution in [0.5, 0.6) is 5.75 Å². The number of hydrogen-bond acceptors (Lipinski definition) is 3. The van der Waals surface area contributed by atoms with Crippen LogP contribution in [-0.2, 0) is 10.3 Å². The van der Waals surface area contributed by atoms with Crippen molar-refractivity contribution in [2.75, 3.05) is 20.2 Å². The summed E-state index contributed by atoms with van der Waals surface area (Å²) < 4.78 is 7.73. The SMILES string of the molecule is CCN(CC)C(=O)CCC1(c2ccc(Cl)cc2)c2cc(OC)ccc2-c2nccn21. The molecule has 0 fully saturated rings. The quantitative estimate of drug-likeness (QED) is 0.539. The zero-order valence-corrected chi connectivity index (χ0v) is 18.3. The van der Waals surface area contributed by atoms with Gasteiger partial charge in [-0.2, -0.15) is 0 Å². The van der Waals surface area contributed by atoms with Crippen LogP contribution in [0, 0.1) is 0 Å². The highest BCUT2D eigenvalue weighted by Crippen LogP contribution is 2.50. The van der Waals surface area contributed by atoms with E-state index in [4.69, 9.17) is 16.3 Å². The molecule has 2 aromatic carbocycles. The number of methoxy groups -OCH3 is 1. The summed E-state index contributed by atoms with van der Waals surface area (Å²) in [5.74, 6) is 1.84. The van der Waals surface area contributed by atoms with E-state index in [0.717, 1.165) is 28.3 Å². The van der Waals surface area contributed by atoms with Crippen molar-refractivity contribution in [3.63, 3.8) is 0 Å². The third-order valence-corrected chi connectivity index (χ3v) is 6.36. The van der Waals surface area contributed by atoms with E-state index in [-0.39, 0.29) is 5.91 Å². The fourth-order valence-corrected chi connectivity index (χ4v) is 4.70. The topological polar surface area (TPSA) is 47.4 Å². The first-order valence-corrected chi connectivity index (χ1v) is 10.7. The molecule has 30 heavy (non-hydrogen) atoms. The average molecular weight is 424 g/mol. The Labute approximate surface area is 182 Å². The molecular formula is C24H26ClN3O2. The van der Waals surface area contributed by atoms with Crippen LogP contribution in [0.25, 0.3) is 11.4 Å². The van der Waals surface area contributed by atoms with Crippen LogP contribution in [0.1, 0.15) is 37.8 Å². The molecule has 0 spiro atoms. The number of benzene rings is 2. The summed E-state index contributed by atoms with van der Waals surface area (Å²) in [6, 6.07) is 14.0. The molecule has 6 heteroatoms. The molecule has 0 saturated carbocycles. The molecule has 2 heterocycles. The first-order chi connectivity index (χ1) is 14.5. The Balaban J connectivity index is 1.88. The molecule has 0 saturated heterocycles. The second-order valence-electron chi connectivity index (χ2n) is 7.47. The summed E-state index contributed by atoms with van der Waals surface area (Å²) in [5, 5.41) is 0.683. The second kappa shape index (κ2) is 8.15. The van der Waals surface area contributed by atoms with Crippen molar-refractivity contribution in [1.29, 1.82) is 0 Å². The van der Waals surface area contributed by atoms with Gasteiger partial charge in [0.05, 0.1) is 12.6 Å². The Morgan fingerprint density at radius 3 is 2.57 bits per heavy atom. The van der Waals surface area contributed by atoms with Crippen LogP contribution in [0.3, 0.4) is 0 Å². The minimum atomic E-state index is -0.552. The number of ether oxygens (including phenoxy) is 1. The molecule has 1 unspecified atom stereocenters. The minimum absolute atomic E-state index is 0.159. The summed E-state index contributed by atoms with van der Waals surface area (Å²) >= 11 is 6.20. The lowest BCUT2D eigenvalue weighted by atomic mass is 9.79. The fraction of sp³-hybridized carbons (Fsp3) is 0.333. The largest absolute Gasteiger partial charge is 0.497 e. The fourth-order valence-electron chi connectivity index (χ4n) is 4.57. The second-order valence-corrected chi connectivity index (χ2v) is 7.90. The van der Waals surface area contributed by atoms with Gasteiger partial charge in [-0.3, -0.25) is 4.79 Å². The number of carbonyl (C=O) groups excluding carboxylic acids is 1. The number of hydrogen-bond donors (Lipinski definition) is 0. The summed E-state index contributed by atoms with van der Waals surface area (Å²) in [6.07, 6.45) is 4.86. The summed E-state index contributed by atoms with van der Waals surface area (Å²) in [6.45, 7) is 5.45. The molecule has 156 valence electrons. The number of aromatic nitrogens is 2. The van der Waals surface area contributed by atoms with Gasteiger partial charge >= 0.3 is 0 Å². The number of nitrogens with zero attached hydrogens (tertiary/aromatic N) is 3. The van der Waals surface area contributed by atoms with Gasteiger partial charge in [0.1, 0.15) is 11.6 Å². The van der Waals surface area contributed by atoms with Crippen LogP contribution < -0.4 is 4.74 Å². The van der Waals surface area contributed by atoms with Crippen LogP contribution in [0.2, 0.25) is 5.02 Å². The van der Waals surface area contributed by atoms with Crippen LogP contribution in [-0.4, -0.2) is 40.6 Å². The van der Waals surface area contributed by atoms with Gasteiger partial charge in [0.25, 0.3) is 0 Å². The summed E-state index contributed by atoms with van der Waals surface area (Å²) in [4.78, 5) is 19.4. The van der Waals surface area contributed by atoms with Gasteiger partial charge in [0.2, 0.25) is 5.91 Å². The normalized spacial score (nSPS) is 16.8. The van der Waals surface area contributed by atoms with E-state index < -0.39 is 5.54 Å². The highest BCUT2D eigenvalue weighted by atomic mass is 35.5. The molecule has 0 radical (unpaired) electrons. The van der Waals surface area contributed by atoms with Gasteiger partial charge in [-0.1, -0.05) is 23.7 Å². The molecule has 5 nitrogen and oxygen atoms in total. The Kier molecular flexibility index (Phi) is 5.56. The molecule has 1 aromatic heterocycles. The highest BCUT2D eigenvalue weighted by molar-refractivity contribution is 6.30. The zero-order valence-electron chi connectivity index (χ0n) is 17.6. The third kappa shape index (κ3) is 3.18. The van der Waals surface area contributed by atoms with E-state index >= 15 is 0 Å². The molecule has 4 rings (SSSR count). The molecule has 0 bridgehead atoms. The van der Waals surface area contributed by atoms with E-state index in [2.05, 4.69) is 21.7 Å². The van der Waals surface area contributed by atoms with Gasteiger partial charge < -0.3 is 14.2 Å². The molecule has 3 aromatic rings. The molecule has 0 N–H and O–H groups in total. The lowest BCUT2D eigenvalue weighted by Crippen LogP contribution is -2.36. The van der Waals surface area contributed by atoms with Crippen molar-refractivity contribution in [3.8, 4) is 17.1 Å². The number of amides is 1. The van der Waals surface area contributed by atoms with Gasteiger partial charge in [-0.05, 0) is 61.7 Å². The van der Waals surface area contributed by atoms with E-state index in [1.807, 2.05) is 61.5 Å². The number of fused-ring (bicyclic) bond motifs is 3. The van der Waals surface area contributed by atoms with E-state index in [0.29, 0.717) is 31.0 Å². The molecular weight excluding hydrogens is 398 g/mol. The number of halogens is 1. The lowest BCUT2D eigenvalue weighted by molar-refractivity contribution is -0.131. The molecule has 1 atom stereocenters. The van der Waals surface area contributed by atoms with E-state index in [1.165, 1.54) is 0 Å². The summed E-state index contributed by atoms with van der Waals surface area (Å²) in [7, 11) is 1.67. The Morgan fingerprint density at radius 1 is 1.17 bits per heavy atom. The van der Waals surface area contributed by atoms with Crippen LogP contribution >= 0.6 is 11.6 Å². The van der Waals surface area contributed by atoms with E-state index in [1.54, 1.807) is 7.11 Å². The molecule has 1 amide bonds. The number of carbonyl (C=O) groups is 1. The molecule has 0 aliphatic carbocycles. The van der Waals surface area contributed by atoms with Crippen molar-refractivity contribution >= 4 is 17.5 Å². The minimum Gasteiger partial charge on any atom is -0.497 e. The van der Waals surface area contributed by atoms with Crippen molar-refractivity contribution in [1.82, 2.24) is 14.5 Å². The lowest BCUT2D eigenvalue weighted by Gasteiger charge is -2.34. The van der Waals surface area contributed by atoms with Crippen LogP contribution in [0.4, 0.5) is 0 Å². The van der Waals surface area contributed by atoms with Crippen molar-refractivity contribution in [2.45, 2.75) is 32.2 Å². The predicted octanol–water partition coefficient (Wildman–Crippen LogP) is 4.97. The predicted molar refractivity (Wildman–Crippen MR) is 119 cm³/mol. The Hall–Kier alpha value is -2.79. The maximum absolute atomic E-state index is 12.9. The highest BCUT2D eigenvalue weighted by Gasteiger charge is 2.45. The van der Waals surface area contributed by atoms with Gasteiger partial charge in [0.15, 0.2) is 0 Å². The standard InChI is InChI=1S/C24H26ClN3O2/c1-4-27(5-2)22(29)12-13-24(17-6-8-18(25)9-7-17)21-16-19(30-3)10-11-20(21)23-26-14-15-28(23)24/h6-11,14-16H,4-5,12-13H2,1-3H3. The van der Waals surface area contributed by atoms with Crippen molar-refractivity contribution < 1.29 is 9.53 Å². The van der Waals surface area contributed by atoms with Crippen molar-refractivity contribution in [2.24, 2.45) is 0 Å². The maximum atomic E-state index is 12.9. The number of imidazole rings is 1. The van der Waals surface area contributed by atoms with Crippen LogP contribution in [0.15, 0.2) is 54.9 Å². The first-order valence-electron chi connectivity index (χ1n) is 10.3. The van der Waals surface area contributed by atoms with E-state index in [9.17, 15) is 4.79 Å². The smallest absolute Gasteiger partial charge is 0.222 e. The monoisotopic (exact) mass is 423 g/mol. The van der Waals surface area contributed by atoms with Crippen molar-refractivity contribution in [3.05, 3.63) is 71.0 Å². The first kappa shape index (κ1) is 20.5. The van der Waals surface area contributed by atoms with Gasteiger partial charge in [0, 0.05) is 42.5 Å². The Bertz CT molecular complexity index is 1060. The molecule has 1 aliphatic heterocycles. The third-order valence-electron chi connectivity index (χ3n) is 6.10. The maximum Gasteiger partial charge on any atom is 0.222 e. The zero-order chi connectivity index (χ0) is 21.3. The molecule has 1 aliphatic rings. The Morgan fingerprint density at radius 2 is 1.90 bits per heavy atom. The number of rotatable bonds is 7. The average Bonchev–Trinajstić information content (AvgIpc) is 3.34.